The van der Waals surface area contributed by atoms with Crippen LogP contribution in [0.3, 0.4) is 0 Å². The van der Waals surface area contributed by atoms with Crippen LogP contribution in [0.4, 0.5) is 0 Å². The molecule has 0 bridgehead atoms. The lowest BCUT2D eigenvalue weighted by Crippen LogP contribution is -2.45. The summed E-state index contributed by atoms with van der Waals surface area (Å²) in [7, 11) is 1.98. The maximum absolute atomic E-state index is 11.0. The van der Waals surface area contributed by atoms with Gasteiger partial charge in [-0.15, -0.1) is 0 Å². The van der Waals surface area contributed by atoms with E-state index in [1.807, 2.05) is 7.05 Å². The molecule has 0 aromatic heterocycles. The van der Waals surface area contributed by atoms with Crippen molar-refractivity contribution in [2.45, 2.75) is 51.0 Å². The van der Waals surface area contributed by atoms with Gasteiger partial charge in [0.2, 0.25) is 0 Å². The van der Waals surface area contributed by atoms with Gasteiger partial charge in [-0.05, 0) is 26.8 Å². The molecular formula is C10H19NO. The molecule has 1 fully saturated rings. The van der Waals surface area contributed by atoms with Gasteiger partial charge in [-0.3, -0.25) is 4.79 Å². The highest BCUT2D eigenvalue weighted by atomic mass is 16.1. The van der Waals surface area contributed by atoms with Crippen LogP contribution in [0.1, 0.15) is 45.4 Å². The second-order valence-corrected chi connectivity index (χ2v) is 3.97. The average molecular weight is 169 g/mol. The molecule has 1 N–H and O–H groups in total. The summed E-state index contributed by atoms with van der Waals surface area (Å²) in [6.45, 7) is 1.69. The summed E-state index contributed by atoms with van der Waals surface area (Å²) in [5, 5.41) is 3.33. The van der Waals surface area contributed by atoms with E-state index in [0.29, 0.717) is 12.2 Å². The summed E-state index contributed by atoms with van der Waals surface area (Å²) >= 11 is 0. The van der Waals surface area contributed by atoms with Gasteiger partial charge in [0, 0.05) is 12.0 Å². The molecule has 1 aliphatic rings. The van der Waals surface area contributed by atoms with E-state index >= 15 is 0 Å². The first-order chi connectivity index (χ1) is 5.68. The standard InChI is InChI=1S/C10H19NO/c1-9(12)8-10(11-2)6-4-3-5-7-10/h11H,3-8H2,1-2H3. The van der Waals surface area contributed by atoms with Gasteiger partial charge in [0.25, 0.3) is 0 Å². The predicted molar refractivity (Wildman–Crippen MR) is 50.2 cm³/mol. The van der Waals surface area contributed by atoms with E-state index in [9.17, 15) is 4.79 Å². The lowest BCUT2D eigenvalue weighted by Gasteiger charge is -2.36. The Morgan fingerprint density at radius 1 is 1.33 bits per heavy atom. The smallest absolute Gasteiger partial charge is 0.131 e. The van der Waals surface area contributed by atoms with Crippen molar-refractivity contribution < 1.29 is 4.79 Å². The van der Waals surface area contributed by atoms with Crippen LogP contribution < -0.4 is 5.32 Å². The molecule has 0 heterocycles. The second-order valence-electron chi connectivity index (χ2n) is 3.97. The van der Waals surface area contributed by atoms with Gasteiger partial charge < -0.3 is 5.32 Å². The van der Waals surface area contributed by atoms with Gasteiger partial charge in [-0.1, -0.05) is 19.3 Å². The van der Waals surface area contributed by atoms with Crippen molar-refractivity contribution in [1.82, 2.24) is 5.32 Å². The highest BCUT2D eigenvalue weighted by Gasteiger charge is 2.30. The predicted octanol–water partition coefficient (Wildman–Crippen LogP) is 1.89. The van der Waals surface area contributed by atoms with Crippen LogP contribution in [0.5, 0.6) is 0 Å². The van der Waals surface area contributed by atoms with Crippen LogP contribution >= 0.6 is 0 Å². The maximum Gasteiger partial charge on any atom is 0.131 e. The van der Waals surface area contributed by atoms with Crippen molar-refractivity contribution in [3.05, 3.63) is 0 Å². The topological polar surface area (TPSA) is 29.1 Å². The Morgan fingerprint density at radius 3 is 2.33 bits per heavy atom. The zero-order valence-electron chi connectivity index (χ0n) is 8.15. The second kappa shape index (κ2) is 4.04. The number of Topliss-reactive ketones (excluding diaryl/α,β-unsaturated/α-hetero) is 1. The van der Waals surface area contributed by atoms with Crippen LogP contribution in [0, 0.1) is 0 Å². The van der Waals surface area contributed by atoms with E-state index in [1.165, 1.54) is 32.1 Å². The molecule has 0 aromatic rings. The minimum Gasteiger partial charge on any atom is -0.314 e. The van der Waals surface area contributed by atoms with E-state index < -0.39 is 0 Å². The lowest BCUT2D eigenvalue weighted by molar-refractivity contribution is -0.118. The van der Waals surface area contributed by atoms with Crippen LogP contribution in [0.25, 0.3) is 0 Å². The summed E-state index contributed by atoms with van der Waals surface area (Å²) in [6.07, 6.45) is 6.93. The Bertz CT molecular complexity index is 159. The quantitative estimate of drug-likeness (QED) is 0.699. The van der Waals surface area contributed by atoms with E-state index in [0.717, 1.165) is 0 Å². The Kier molecular flexibility index (Phi) is 3.27. The molecule has 12 heavy (non-hydrogen) atoms. The fourth-order valence-electron chi connectivity index (χ4n) is 2.22. The monoisotopic (exact) mass is 169 g/mol. The lowest BCUT2D eigenvalue weighted by atomic mass is 9.78. The largest absolute Gasteiger partial charge is 0.314 e. The first-order valence-electron chi connectivity index (χ1n) is 4.87. The van der Waals surface area contributed by atoms with E-state index in [1.54, 1.807) is 6.92 Å². The number of hydrogen-bond acceptors (Lipinski definition) is 2. The first kappa shape index (κ1) is 9.72. The highest BCUT2D eigenvalue weighted by molar-refractivity contribution is 5.76. The third-order valence-corrected chi connectivity index (χ3v) is 2.93. The fraction of sp³-hybridized carbons (Fsp3) is 0.900. The molecule has 1 saturated carbocycles. The molecule has 2 nitrogen and oxygen atoms in total. The van der Waals surface area contributed by atoms with E-state index in [4.69, 9.17) is 0 Å². The minimum absolute atomic E-state index is 0.143. The van der Waals surface area contributed by atoms with Crippen molar-refractivity contribution in [1.29, 1.82) is 0 Å². The Morgan fingerprint density at radius 2 is 1.92 bits per heavy atom. The zero-order valence-corrected chi connectivity index (χ0v) is 8.15. The zero-order chi connectivity index (χ0) is 9.03. The third kappa shape index (κ3) is 2.31. The maximum atomic E-state index is 11.0. The molecular weight excluding hydrogens is 150 g/mol. The Balaban J connectivity index is 2.53. The molecule has 1 aliphatic carbocycles. The summed E-state index contributed by atoms with van der Waals surface area (Å²) in [5.74, 6) is 0.311. The molecule has 0 spiro atoms. The highest BCUT2D eigenvalue weighted by Crippen LogP contribution is 2.30. The van der Waals surface area contributed by atoms with Gasteiger partial charge in [-0.25, -0.2) is 0 Å². The number of hydrogen-bond donors (Lipinski definition) is 1. The first-order valence-corrected chi connectivity index (χ1v) is 4.87. The van der Waals surface area contributed by atoms with Gasteiger partial charge in [-0.2, -0.15) is 0 Å². The van der Waals surface area contributed by atoms with Crippen LogP contribution in [-0.2, 0) is 4.79 Å². The molecule has 0 unspecified atom stereocenters. The normalized spacial score (nSPS) is 22.2. The molecule has 0 aliphatic heterocycles. The Hall–Kier alpha value is -0.370. The summed E-state index contributed by atoms with van der Waals surface area (Å²) < 4.78 is 0. The van der Waals surface area contributed by atoms with Gasteiger partial charge in [0.15, 0.2) is 0 Å². The van der Waals surface area contributed by atoms with Crippen molar-refractivity contribution in [2.75, 3.05) is 7.05 Å². The summed E-state index contributed by atoms with van der Waals surface area (Å²) in [4.78, 5) is 11.0. The van der Waals surface area contributed by atoms with Gasteiger partial charge in [0.1, 0.15) is 5.78 Å². The van der Waals surface area contributed by atoms with Crippen molar-refractivity contribution in [3.8, 4) is 0 Å². The number of carbonyl (C=O) groups excluding carboxylic acids is 1. The molecule has 0 aromatic carbocycles. The molecule has 0 radical (unpaired) electrons. The molecule has 0 amide bonds. The van der Waals surface area contributed by atoms with Crippen LogP contribution in [-0.4, -0.2) is 18.4 Å². The molecule has 70 valence electrons. The molecule has 1 rings (SSSR count). The molecule has 0 saturated heterocycles. The van der Waals surface area contributed by atoms with Crippen LogP contribution in [0.2, 0.25) is 0 Å². The molecule has 0 atom stereocenters. The van der Waals surface area contributed by atoms with Crippen molar-refractivity contribution >= 4 is 5.78 Å². The van der Waals surface area contributed by atoms with E-state index in [-0.39, 0.29) is 5.54 Å². The number of rotatable bonds is 3. The SMILES string of the molecule is CNC1(CC(C)=O)CCCCC1. The number of nitrogens with one attached hydrogen (secondary N) is 1. The van der Waals surface area contributed by atoms with Gasteiger partial charge >= 0.3 is 0 Å². The van der Waals surface area contributed by atoms with Crippen LogP contribution in [0.15, 0.2) is 0 Å². The third-order valence-electron chi connectivity index (χ3n) is 2.93. The molecule has 2 heteroatoms. The Labute approximate surface area is 74.7 Å². The average Bonchev–Trinajstić information content (AvgIpc) is 2.05. The van der Waals surface area contributed by atoms with E-state index in [2.05, 4.69) is 5.32 Å². The fourth-order valence-corrected chi connectivity index (χ4v) is 2.22. The summed E-state index contributed by atoms with van der Waals surface area (Å²) in [6, 6.07) is 0. The van der Waals surface area contributed by atoms with Crippen molar-refractivity contribution in [3.63, 3.8) is 0 Å². The number of carbonyl (C=O) groups is 1. The van der Waals surface area contributed by atoms with Gasteiger partial charge in [0.05, 0.1) is 0 Å². The number of ketones is 1. The minimum atomic E-state index is 0.143. The van der Waals surface area contributed by atoms with Crippen molar-refractivity contribution in [2.24, 2.45) is 0 Å². The summed E-state index contributed by atoms with van der Waals surface area (Å²) in [5.41, 5.74) is 0.143.